The Labute approximate surface area is 109 Å². The molecule has 0 saturated heterocycles. The Morgan fingerprint density at radius 3 is 2.72 bits per heavy atom. The number of nitrogen functional groups attached to an aromatic ring is 1. The summed E-state index contributed by atoms with van der Waals surface area (Å²) in [4.78, 5) is 0. The van der Waals surface area contributed by atoms with Crippen molar-refractivity contribution in [3.05, 3.63) is 18.2 Å². The highest BCUT2D eigenvalue weighted by molar-refractivity contribution is 5.52. The summed E-state index contributed by atoms with van der Waals surface area (Å²) >= 11 is 0. The fourth-order valence-corrected chi connectivity index (χ4v) is 2.74. The molecule has 1 aromatic rings. The van der Waals surface area contributed by atoms with Gasteiger partial charge in [0.1, 0.15) is 6.10 Å². The van der Waals surface area contributed by atoms with E-state index in [0.29, 0.717) is 17.7 Å². The SMILES string of the molecule is CCC1CCCCC1Oc1ccc(N)cc1OC. The molecule has 3 heteroatoms. The van der Waals surface area contributed by atoms with Crippen LogP contribution in [0, 0.1) is 5.92 Å². The lowest BCUT2D eigenvalue weighted by Gasteiger charge is -2.31. The number of nitrogens with two attached hydrogens (primary N) is 1. The van der Waals surface area contributed by atoms with Gasteiger partial charge in [0.15, 0.2) is 11.5 Å². The molecule has 1 saturated carbocycles. The lowest BCUT2D eigenvalue weighted by Crippen LogP contribution is -2.30. The molecule has 0 amide bonds. The highest BCUT2D eigenvalue weighted by Gasteiger charge is 2.26. The average Bonchev–Trinajstić information content (AvgIpc) is 2.41. The monoisotopic (exact) mass is 249 g/mol. The zero-order chi connectivity index (χ0) is 13.0. The van der Waals surface area contributed by atoms with E-state index < -0.39 is 0 Å². The number of ether oxygens (including phenoxy) is 2. The van der Waals surface area contributed by atoms with E-state index in [2.05, 4.69) is 6.92 Å². The standard InChI is InChI=1S/C15H23NO2/c1-3-11-6-4-5-7-13(11)18-14-9-8-12(16)10-15(14)17-2/h8-11,13H,3-7,16H2,1-2H3. The van der Waals surface area contributed by atoms with Crippen molar-refractivity contribution >= 4 is 5.69 Å². The summed E-state index contributed by atoms with van der Waals surface area (Å²) in [5.41, 5.74) is 6.46. The van der Waals surface area contributed by atoms with Crippen LogP contribution in [0.4, 0.5) is 5.69 Å². The minimum atomic E-state index is 0.321. The molecule has 0 heterocycles. The average molecular weight is 249 g/mol. The zero-order valence-electron chi connectivity index (χ0n) is 11.3. The minimum Gasteiger partial charge on any atom is -0.493 e. The number of rotatable bonds is 4. The van der Waals surface area contributed by atoms with Gasteiger partial charge in [-0.2, -0.15) is 0 Å². The van der Waals surface area contributed by atoms with E-state index in [1.54, 1.807) is 7.11 Å². The van der Waals surface area contributed by atoms with E-state index in [1.807, 2.05) is 18.2 Å². The first kappa shape index (κ1) is 13.1. The Morgan fingerprint density at radius 1 is 1.22 bits per heavy atom. The number of methoxy groups -OCH3 is 1. The van der Waals surface area contributed by atoms with Crippen LogP contribution in [0.25, 0.3) is 0 Å². The highest BCUT2D eigenvalue weighted by atomic mass is 16.5. The van der Waals surface area contributed by atoms with Crippen LogP contribution >= 0.6 is 0 Å². The first-order valence-electron chi connectivity index (χ1n) is 6.84. The van der Waals surface area contributed by atoms with Crippen molar-refractivity contribution in [2.24, 2.45) is 5.92 Å². The van der Waals surface area contributed by atoms with Crippen molar-refractivity contribution in [2.45, 2.75) is 45.1 Å². The molecule has 1 aromatic carbocycles. The van der Waals surface area contributed by atoms with E-state index in [-0.39, 0.29) is 0 Å². The van der Waals surface area contributed by atoms with Crippen LogP contribution < -0.4 is 15.2 Å². The predicted octanol–water partition coefficient (Wildman–Crippen LogP) is 3.63. The molecular formula is C15H23NO2. The van der Waals surface area contributed by atoms with E-state index >= 15 is 0 Å². The van der Waals surface area contributed by atoms with Gasteiger partial charge in [-0.25, -0.2) is 0 Å². The summed E-state index contributed by atoms with van der Waals surface area (Å²) in [7, 11) is 1.65. The second kappa shape index (κ2) is 5.98. The van der Waals surface area contributed by atoms with Crippen molar-refractivity contribution in [1.82, 2.24) is 0 Å². The number of hydrogen-bond donors (Lipinski definition) is 1. The summed E-state index contributed by atoms with van der Waals surface area (Å²) in [6.07, 6.45) is 6.52. The molecule has 0 spiro atoms. The van der Waals surface area contributed by atoms with E-state index in [0.717, 1.165) is 17.9 Å². The topological polar surface area (TPSA) is 44.5 Å². The van der Waals surface area contributed by atoms with E-state index in [9.17, 15) is 0 Å². The van der Waals surface area contributed by atoms with Crippen molar-refractivity contribution in [3.63, 3.8) is 0 Å². The molecule has 0 radical (unpaired) electrons. The summed E-state index contributed by atoms with van der Waals surface area (Å²) in [6.45, 7) is 2.24. The molecule has 0 aromatic heterocycles. The first-order chi connectivity index (χ1) is 8.74. The quantitative estimate of drug-likeness (QED) is 0.829. The molecule has 2 atom stereocenters. The second-order valence-corrected chi connectivity index (χ2v) is 5.02. The van der Waals surface area contributed by atoms with Crippen LogP contribution in [-0.4, -0.2) is 13.2 Å². The maximum atomic E-state index is 6.16. The van der Waals surface area contributed by atoms with Gasteiger partial charge in [-0.15, -0.1) is 0 Å². The summed E-state index contributed by atoms with van der Waals surface area (Å²) in [5.74, 6) is 2.22. The van der Waals surface area contributed by atoms with Gasteiger partial charge < -0.3 is 15.2 Å². The smallest absolute Gasteiger partial charge is 0.162 e. The zero-order valence-corrected chi connectivity index (χ0v) is 11.3. The fourth-order valence-electron chi connectivity index (χ4n) is 2.74. The third-order valence-corrected chi connectivity index (χ3v) is 3.83. The van der Waals surface area contributed by atoms with Crippen molar-refractivity contribution in [1.29, 1.82) is 0 Å². The number of hydrogen-bond acceptors (Lipinski definition) is 3. The number of anilines is 1. The van der Waals surface area contributed by atoms with Crippen LogP contribution in [0.15, 0.2) is 18.2 Å². The van der Waals surface area contributed by atoms with Gasteiger partial charge in [-0.1, -0.05) is 13.3 Å². The molecule has 1 fully saturated rings. The molecule has 100 valence electrons. The van der Waals surface area contributed by atoms with Crippen LogP contribution in [0.1, 0.15) is 39.0 Å². The molecule has 18 heavy (non-hydrogen) atoms. The fraction of sp³-hybridized carbons (Fsp3) is 0.600. The van der Waals surface area contributed by atoms with Crippen LogP contribution in [0.5, 0.6) is 11.5 Å². The van der Waals surface area contributed by atoms with Gasteiger partial charge in [0.25, 0.3) is 0 Å². The summed E-state index contributed by atoms with van der Waals surface area (Å²) < 4.78 is 11.5. The third-order valence-electron chi connectivity index (χ3n) is 3.83. The largest absolute Gasteiger partial charge is 0.493 e. The summed E-state index contributed by atoms with van der Waals surface area (Å²) in [5, 5.41) is 0. The molecular weight excluding hydrogens is 226 g/mol. The Bertz CT molecular complexity index is 392. The minimum absolute atomic E-state index is 0.321. The lowest BCUT2D eigenvalue weighted by atomic mass is 9.85. The van der Waals surface area contributed by atoms with Crippen molar-refractivity contribution in [2.75, 3.05) is 12.8 Å². The Morgan fingerprint density at radius 2 is 2.00 bits per heavy atom. The molecule has 2 N–H and O–H groups in total. The molecule has 3 nitrogen and oxygen atoms in total. The normalized spacial score (nSPS) is 23.7. The number of benzene rings is 1. The van der Waals surface area contributed by atoms with Gasteiger partial charge in [-0.3, -0.25) is 0 Å². The molecule has 0 aliphatic heterocycles. The van der Waals surface area contributed by atoms with Crippen LogP contribution in [0.3, 0.4) is 0 Å². The predicted molar refractivity (Wildman–Crippen MR) is 74.1 cm³/mol. The van der Waals surface area contributed by atoms with Crippen LogP contribution in [0.2, 0.25) is 0 Å². The molecule has 0 bridgehead atoms. The Balaban J connectivity index is 2.12. The first-order valence-corrected chi connectivity index (χ1v) is 6.84. The lowest BCUT2D eigenvalue weighted by molar-refractivity contribution is 0.0873. The molecule has 2 unspecified atom stereocenters. The van der Waals surface area contributed by atoms with E-state index in [4.69, 9.17) is 15.2 Å². The Kier molecular flexibility index (Phi) is 4.34. The van der Waals surface area contributed by atoms with E-state index in [1.165, 1.54) is 25.7 Å². The maximum Gasteiger partial charge on any atom is 0.162 e. The van der Waals surface area contributed by atoms with Gasteiger partial charge >= 0.3 is 0 Å². The highest BCUT2D eigenvalue weighted by Crippen LogP contribution is 2.35. The van der Waals surface area contributed by atoms with Gasteiger partial charge in [0, 0.05) is 11.8 Å². The molecule has 1 aliphatic rings. The Hall–Kier alpha value is -1.38. The van der Waals surface area contributed by atoms with Crippen molar-refractivity contribution in [3.8, 4) is 11.5 Å². The van der Waals surface area contributed by atoms with Crippen molar-refractivity contribution < 1.29 is 9.47 Å². The van der Waals surface area contributed by atoms with Crippen LogP contribution in [-0.2, 0) is 0 Å². The maximum absolute atomic E-state index is 6.16. The third kappa shape index (κ3) is 2.89. The second-order valence-electron chi connectivity index (χ2n) is 5.02. The van der Waals surface area contributed by atoms with Gasteiger partial charge in [0.05, 0.1) is 7.11 Å². The summed E-state index contributed by atoms with van der Waals surface area (Å²) in [6, 6.07) is 5.59. The molecule has 1 aliphatic carbocycles. The van der Waals surface area contributed by atoms with Gasteiger partial charge in [0.2, 0.25) is 0 Å². The van der Waals surface area contributed by atoms with Gasteiger partial charge in [-0.05, 0) is 43.7 Å². The molecule has 2 rings (SSSR count).